The topological polar surface area (TPSA) is 29.4 Å². The van der Waals surface area contributed by atoms with Crippen LogP contribution in [0.15, 0.2) is 4.99 Å². The van der Waals surface area contributed by atoms with Gasteiger partial charge in [0.15, 0.2) is 0 Å². The van der Waals surface area contributed by atoms with E-state index in [0.29, 0.717) is 12.8 Å². The van der Waals surface area contributed by atoms with Crippen molar-refractivity contribution in [3.63, 3.8) is 0 Å². The van der Waals surface area contributed by atoms with E-state index >= 15 is 0 Å². The van der Waals surface area contributed by atoms with Crippen molar-refractivity contribution in [2.45, 2.75) is 37.9 Å². The van der Waals surface area contributed by atoms with Crippen molar-refractivity contribution >= 4 is 6.08 Å². The van der Waals surface area contributed by atoms with Gasteiger partial charge >= 0.3 is 0 Å². The van der Waals surface area contributed by atoms with Gasteiger partial charge in [0.1, 0.15) is 6.17 Å². The van der Waals surface area contributed by atoms with Gasteiger partial charge in [-0.2, -0.15) is 4.99 Å². The lowest BCUT2D eigenvalue weighted by Crippen LogP contribution is -2.23. The van der Waals surface area contributed by atoms with Gasteiger partial charge < -0.3 is 0 Å². The summed E-state index contributed by atoms with van der Waals surface area (Å²) in [6.07, 6.45) is 3.66. The molecular weight excluding hydrogens is 133 g/mol. The molecule has 0 amide bonds. The predicted molar refractivity (Wildman–Crippen MR) is 35.3 cm³/mol. The van der Waals surface area contributed by atoms with Crippen molar-refractivity contribution in [3.8, 4) is 0 Å². The van der Waals surface area contributed by atoms with Crippen LogP contribution < -0.4 is 0 Å². The molecular formula is C7H10FNO. The highest BCUT2D eigenvalue weighted by Gasteiger charge is 2.23. The molecule has 2 unspecified atom stereocenters. The minimum absolute atomic E-state index is 0.397. The first-order valence-electron chi connectivity index (χ1n) is 3.55. The smallest absolute Gasteiger partial charge is 0.235 e. The van der Waals surface area contributed by atoms with E-state index in [0.717, 1.165) is 12.8 Å². The molecule has 0 aromatic heterocycles. The molecule has 1 fully saturated rings. The highest BCUT2D eigenvalue weighted by molar-refractivity contribution is 5.33. The van der Waals surface area contributed by atoms with Crippen LogP contribution in [-0.4, -0.2) is 18.3 Å². The second kappa shape index (κ2) is 3.47. The largest absolute Gasteiger partial charge is 0.245 e. The second-order valence-corrected chi connectivity index (χ2v) is 2.59. The highest BCUT2D eigenvalue weighted by Crippen LogP contribution is 2.23. The molecule has 0 N–H and O–H groups in total. The molecule has 10 heavy (non-hydrogen) atoms. The molecule has 0 aromatic carbocycles. The summed E-state index contributed by atoms with van der Waals surface area (Å²) in [6.45, 7) is 0. The van der Waals surface area contributed by atoms with Crippen LogP contribution in [0.3, 0.4) is 0 Å². The molecule has 0 spiro atoms. The zero-order valence-electron chi connectivity index (χ0n) is 5.72. The molecule has 2 atom stereocenters. The SMILES string of the molecule is O=C=NC1CCCCC1F. The number of carbonyl (C=O) groups excluding carboxylic acids is 1. The van der Waals surface area contributed by atoms with Gasteiger partial charge in [0.25, 0.3) is 0 Å². The summed E-state index contributed by atoms with van der Waals surface area (Å²) in [7, 11) is 0. The third-order valence-corrected chi connectivity index (χ3v) is 1.87. The van der Waals surface area contributed by atoms with E-state index in [1.54, 1.807) is 0 Å². The van der Waals surface area contributed by atoms with Crippen molar-refractivity contribution in [2.24, 2.45) is 4.99 Å². The van der Waals surface area contributed by atoms with Crippen molar-refractivity contribution in [1.29, 1.82) is 0 Å². The minimum Gasteiger partial charge on any atom is -0.245 e. The number of aliphatic imine (C=N–C) groups is 1. The van der Waals surface area contributed by atoms with Gasteiger partial charge in [-0.25, -0.2) is 9.18 Å². The van der Waals surface area contributed by atoms with Gasteiger partial charge in [-0.3, -0.25) is 0 Å². The van der Waals surface area contributed by atoms with E-state index in [1.807, 2.05) is 0 Å². The summed E-state index contributed by atoms with van der Waals surface area (Å²) >= 11 is 0. The molecule has 1 rings (SSSR count). The van der Waals surface area contributed by atoms with Crippen LogP contribution in [-0.2, 0) is 4.79 Å². The van der Waals surface area contributed by atoms with Crippen molar-refractivity contribution < 1.29 is 9.18 Å². The predicted octanol–water partition coefficient (Wildman–Crippen LogP) is 1.60. The van der Waals surface area contributed by atoms with E-state index in [9.17, 15) is 9.18 Å². The van der Waals surface area contributed by atoms with Gasteiger partial charge in [-0.05, 0) is 12.8 Å². The van der Waals surface area contributed by atoms with Crippen molar-refractivity contribution in [2.75, 3.05) is 0 Å². The standard InChI is InChI=1S/C7H10FNO/c8-6-3-1-2-4-7(6)9-5-10/h6-7H,1-4H2. The maximum absolute atomic E-state index is 12.8. The van der Waals surface area contributed by atoms with Gasteiger partial charge in [0, 0.05) is 0 Å². The number of rotatable bonds is 1. The summed E-state index contributed by atoms with van der Waals surface area (Å²) in [5.74, 6) is 0. The lowest BCUT2D eigenvalue weighted by atomic mass is 9.94. The van der Waals surface area contributed by atoms with Crippen LogP contribution in [0.4, 0.5) is 4.39 Å². The summed E-state index contributed by atoms with van der Waals surface area (Å²) in [5, 5.41) is 0. The first-order chi connectivity index (χ1) is 4.84. The van der Waals surface area contributed by atoms with E-state index in [-0.39, 0.29) is 0 Å². The average molecular weight is 143 g/mol. The Morgan fingerprint density at radius 2 is 2.10 bits per heavy atom. The number of halogens is 1. The van der Waals surface area contributed by atoms with Crippen molar-refractivity contribution in [1.82, 2.24) is 0 Å². The number of nitrogens with zero attached hydrogens (tertiary/aromatic N) is 1. The van der Waals surface area contributed by atoms with Crippen LogP contribution in [0.25, 0.3) is 0 Å². The van der Waals surface area contributed by atoms with Crippen LogP contribution >= 0.6 is 0 Å². The zero-order chi connectivity index (χ0) is 7.40. The van der Waals surface area contributed by atoms with Crippen LogP contribution in [0, 0.1) is 0 Å². The van der Waals surface area contributed by atoms with Gasteiger partial charge in [0.05, 0.1) is 6.04 Å². The van der Waals surface area contributed by atoms with E-state index < -0.39 is 12.2 Å². The molecule has 0 bridgehead atoms. The molecule has 1 saturated carbocycles. The van der Waals surface area contributed by atoms with Gasteiger partial charge in [-0.15, -0.1) is 0 Å². The summed E-state index contributed by atoms with van der Waals surface area (Å²) in [4.78, 5) is 13.1. The van der Waals surface area contributed by atoms with E-state index in [2.05, 4.69) is 4.99 Å². The molecule has 56 valence electrons. The molecule has 0 aliphatic heterocycles. The second-order valence-electron chi connectivity index (χ2n) is 2.59. The summed E-state index contributed by atoms with van der Waals surface area (Å²) in [6, 6.07) is -0.397. The molecule has 1 aliphatic carbocycles. The fraction of sp³-hybridized carbons (Fsp3) is 0.857. The minimum atomic E-state index is -0.907. The Kier molecular flexibility index (Phi) is 2.57. The molecule has 1 aliphatic rings. The van der Waals surface area contributed by atoms with E-state index in [4.69, 9.17) is 0 Å². The molecule has 0 aromatic rings. The fourth-order valence-corrected chi connectivity index (χ4v) is 1.28. The Morgan fingerprint density at radius 3 is 2.70 bits per heavy atom. The zero-order valence-corrected chi connectivity index (χ0v) is 5.72. The molecule has 2 nitrogen and oxygen atoms in total. The third-order valence-electron chi connectivity index (χ3n) is 1.87. The molecule has 0 radical (unpaired) electrons. The van der Waals surface area contributed by atoms with Gasteiger partial charge in [0.2, 0.25) is 6.08 Å². The Hall–Kier alpha value is -0.690. The maximum Gasteiger partial charge on any atom is 0.235 e. The highest BCUT2D eigenvalue weighted by atomic mass is 19.1. The average Bonchev–Trinajstić information content (AvgIpc) is 1.94. The monoisotopic (exact) mass is 143 g/mol. The van der Waals surface area contributed by atoms with Crippen LogP contribution in [0.5, 0.6) is 0 Å². The number of hydrogen-bond acceptors (Lipinski definition) is 2. The first-order valence-corrected chi connectivity index (χ1v) is 3.55. The lowest BCUT2D eigenvalue weighted by molar-refractivity contribution is 0.219. The fourth-order valence-electron chi connectivity index (χ4n) is 1.28. The first kappa shape index (κ1) is 7.42. The summed E-state index contributed by atoms with van der Waals surface area (Å²) < 4.78 is 12.8. The quantitative estimate of drug-likeness (QED) is 0.405. The van der Waals surface area contributed by atoms with Crippen molar-refractivity contribution in [3.05, 3.63) is 0 Å². The van der Waals surface area contributed by atoms with E-state index in [1.165, 1.54) is 6.08 Å². The maximum atomic E-state index is 12.8. The summed E-state index contributed by atoms with van der Waals surface area (Å²) in [5.41, 5.74) is 0. The number of isocyanates is 1. The lowest BCUT2D eigenvalue weighted by Gasteiger charge is -2.20. The molecule has 0 heterocycles. The normalized spacial score (nSPS) is 32.9. The Bertz CT molecular complexity index is 154. The van der Waals surface area contributed by atoms with Gasteiger partial charge in [-0.1, -0.05) is 12.8 Å². The number of alkyl halides is 1. The third kappa shape index (κ3) is 1.64. The Morgan fingerprint density at radius 1 is 1.40 bits per heavy atom. The Balaban J connectivity index is 2.47. The number of hydrogen-bond donors (Lipinski definition) is 0. The Labute approximate surface area is 59.1 Å². The molecule has 0 saturated heterocycles. The van der Waals surface area contributed by atoms with Crippen LogP contribution in [0.2, 0.25) is 0 Å². The molecule has 3 heteroatoms. The van der Waals surface area contributed by atoms with Crippen LogP contribution in [0.1, 0.15) is 25.7 Å².